The summed E-state index contributed by atoms with van der Waals surface area (Å²) in [4.78, 5) is 17.5. The van der Waals surface area contributed by atoms with Crippen molar-refractivity contribution in [1.29, 1.82) is 0 Å². The van der Waals surface area contributed by atoms with Crippen molar-refractivity contribution in [2.75, 3.05) is 0 Å². The Morgan fingerprint density at radius 1 is 0.970 bits per heavy atom. The first-order valence-electron chi connectivity index (χ1n) is 9.81. The van der Waals surface area contributed by atoms with Crippen LogP contribution in [-0.2, 0) is 17.0 Å². The smallest absolute Gasteiger partial charge is 0.348 e. The highest BCUT2D eigenvalue weighted by Crippen LogP contribution is 2.48. The fraction of sp³-hybridized carbons (Fsp3) is 0.125. The molecule has 0 saturated heterocycles. The van der Waals surface area contributed by atoms with Gasteiger partial charge in [0.05, 0.1) is 15.7 Å². The molecule has 1 unspecified atom stereocenters. The first kappa shape index (κ1) is 23.2. The number of amides is 1. The lowest BCUT2D eigenvalue weighted by Crippen LogP contribution is -2.42. The van der Waals surface area contributed by atoms with Gasteiger partial charge in [-0.15, -0.1) is 0 Å². The number of hydrogen-bond acceptors (Lipinski definition) is 3. The van der Waals surface area contributed by atoms with Gasteiger partial charge in [0, 0.05) is 17.7 Å². The minimum Gasteiger partial charge on any atom is -0.348 e. The number of benzene rings is 3. The highest BCUT2D eigenvalue weighted by molar-refractivity contribution is 6.42. The van der Waals surface area contributed by atoms with Gasteiger partial charge >= 0.3 is 6.18 Å². The number of nitrogens with one attached hydrogen (secondary N) is 2. The van der Waals surface area contributed by atoms with Gasteiger partial charge in [-0.2, -0.15) is 13.2 Å². The Bertz CT molecular complexity index is 1200. The summed E-state index contributed by atoms with van der Waals surface area (Å²) >= 11 is 11.8. The predicted octanol–water partition coefficient (Wildman–Crippen LogP) is 6.26. The van der Waals surface area contributed by atoms with Crippen molar-refractivity contribution >= 4 is 34.8 Å². The number of carbonyl (C=O) groups is 1. The molecule has 4 rings (SSSR count). The van der Waals surface area contributed by atoms with Crippen molar-refractivity contribution < 1.29 is 22.8 Å². The van der Waals surface area contributed by atoms with Crippen LogP contribution in [0.1, 0.15) is 27.0 Å². The molecule has 9 heteroatoms. The summed E-state index contributed by atoms with van der Waals surface area (Å²) in [5, 5.41) is 2.92. The standard InChI is InChI=1S/C24H17Cl2F3N2O2/c25-19-11-10-18(12-20(19)26)23(24(27,28)29)13-21(31-33-23)16-6-8-17(9-7-16)22(32)30-14-15-4-2-1-3-5-15/h1-13,31H,14H2,(H,30,32). The number of rotatable bonds is 5. The maximum atomic E-state index is 14.1. The van der Waals surface area contributed by atoms with E-state index in [4.69, 9.17) is 28.0 Å². The second kappa shape index (κ2) is 9.09. The summed E-state index contributed by atoms with van der Waals surface area (Å²) in [6.07, 6.45) is -3.84. The largest absolute Gasteiger partial charge is 0.428 e. The van der Waals surface area contributed by atoms with Crippen LogP contribution in [0.4, 0.5) is 13.2 Å². The molecule has 0 aliphatic carbocycles. The van der Waals surface area contributed by atoms with Gasteiger partial charge in [0.25, 0.3) is 5.91 Å². The van der Waals surface area contributed by atoms with Crippen LogP contribution < -0.4 is 10.8 Å². The van der Waals surface area contributed by atoms with Crippen molar-refractivity contribution in [1.82, 2.24) is 10.8 Å². The lowest BCUT2D eigenvalue weighted by atomic mass is 9.91. The molecule has 0 radical (unpaired) electrons. The summed E-state index contributed by atoms with van der Waals surface area (Å²) < 4.78 is 42.2. The van der Waals surface area contributed by atoms with Gasteiger partial charge in [-0.1, -0.05) is 71.7 Å². The van der Waals surface area contributed by atoms with E-state index in [1.165, 1.54) is 24.3 Å². The first-order chi connectivity index (χ1) is 15.7. The molecule has 0 fully saturated rings. The summed E-state index contributed by atoms with van der Waals surface area (Å²) in [7, 11) is 0. The maximum absolute atomic E-state index is 14.1. The third kappa shape index (κ3) is 4.71. The van der Waals surface area contributed by atoms with Crippen LogP contribution in [0, 0.1) is 0 Å². The minimum atomic E-state index is -4.78. The van der Waals surface area contributed by atoms with E-state index >= 15 is 0 Å². The van der Waals surface area contributed by atoms with Crippen molar-refractivity contribution in [3.05, 3.63) is 111 Å². The van der Waals surface area contributed by atoms with Gasteiger partial charge in [-0.05, 0) is 41.5 Å². The Morgan fingerprint density at radius 3 is 2.30 bits per heavy atom. The number of halogens is 5. The highest BCUT2D eigenvalue weighted by Gasteiger charge is 2.59. The molecule has 3 aromatic rings. The van der Waals surface area contributed by atoms with Gasteiger partial charge < -0.3 is 5.32 Å². The van der Waals surface area contributed by atoms with Gasteiger partial charge in [-0.25, -0.2) is 0 Å². The summed E-state index contributed by atoms with van der Waals surface area (Å²) in [5.41, 5.74) is 1.25. The molecular formula is C24H17Cl2F3N2O2. The van der Waals surface area contributed by atoms with Crippen molar-refractivity contribution in [3.63, 3.8) is 0 Å². The molecule has 3 aromatic carbocycles. The average molecular weight is 493 g/mol. The Kier molecular flexibility index (Phi) is 6.38. The third-order valence-electron chi connectivity index (χ3n) is 5.19. The van der Waals surface area contributed by atoms with Crippen molar-refractivity contribution in [2.45, 2.75) is 18.3 Å². The van der Waals surface area contributed by atoms with Gasteiger partial charge in [0.2, 0.25) is 5.60 Å². The van der Waals surface area contributed by atoms with Crippen LogP contribution in [0.15, 0.2) is 78.9 Å². The fourth-order valence-electron chi connectivity index (χ4n) is 3.39. The maximum Gasteiger partial charge on any atom is 0.428 e. The van der Waals surface area contributed by atoms with E-state index in [0.717, 1.165) is 17.7 Å². The molecule has 2 N–H and O–H groups in total. The second-order valence-corrected chi connectivity index (χ2v) is 8.18. The molecule has 1 heterocycles. The normalized spacial score (nSPS) is 17.9. The quantitative estimate of drug-likeness (QED) is 0.442. The highest BCUT2D eigenvalue weighted by atomic mass is 35.5. The minimum absolute atomic E-state index is 0.0193. The van der Waals surface area contributed by atoms with E-state index in [9.17, 15) is 18.0 Å². The molecule has 0 aromatic heterocycles. The van der Waals surface area contributed by atoms with Crippen LogP contribution in [0.5, 0.6) is 0 Å². The zero-order chi connectivity index (χ0) is 23.6. The second-order valence-electron chi connectivity index (χ2n) is 7.37. The summed E-state index contributed by atoms with van der Waals surface area (Å²) in [5.74, 6) is -0.296. The van der Waals surface area contributed by atoms with E-state index in [1.54, 1.807) is 12.1 Å². The Morgan fingerprint density at radius 2 is 1.67 bits per heavy atom. The van der Waals surface area contributed by atoms with Crippen LogP contribution in [0.3, 0.4) is 0 Å². The Hall–Kier alpha value is -3.00. The molecule has 170 valence electrons. The van der Waals surface area contributed by atoms with Crippen LogP contribution in [0.2, 0.25) is 10.0 Å². The molecule has 1 atom stereocenters. The Balaban J connectivity index is 1.56. The summed E-state index contributed by atoms with van der Waals surface area (Å²) in [6, 6.07) is 19.2. The first-order valence-corrected chi connectivity index (χ1v) is 10.6. The molecule has 0 bridgehead atoms. The lowest BCUT2D eigenvalue weighted by Gasteiger charge is -2.28. The number of hydroxylamine groups is 1. The lowest BCUT2D eigenvalue weighted by molar-refractivity contribution is -0.269. The molecule has 1 aliphatic rings. The van der Waals surface area contributed by atoms with E-state index in [-0.39, 0.29) is 27.2 Å². The number of carbonyl (C=O) groups excluding carboxylic acids is 1. The van der Waals surface area contributed by atoms with Gasteiger partial charge in [-0.3, -0.25) is 15.1 Å². The van der Waals surface area contributed by atoms with Crippen LogP contribution in [-0.4, -0.2) is 12.1 Å². The van der Waals surface area contributed by atoms with E-state index in [0.29, 0.717) is 17.7 Å². The van der Waals surface area contributed by atoms with E-state index in [2.05, 4.69) is 10.8 Å². The molecule has 0 saturated carbocycles. The van der Waals surface area contributed by atoms with Gasteiger partial charge in [0.15, 0.2) is 0 Å². The van der Waals surface area contributed by atoms with Crippen molar-refractivity contribution in [3.8, 4) is 0 Å². The zero-order valence-corrected chi connectivity index (χ0v) is 18.4. The van der Waals surface area contributed by atoms with E-state index < -0.39 is 11.8 Å². The third-order valence-corrected chi connectivity index (χ3v) is 5.93. The van der Waals surface area contributed by atoms with Crippen LogP contribution >= 0.6 is 23.2 Å². The van der Waals surface area contributed by atoms with E-state index in [1.807, 2.05) is 30.3 Å². The predicted molar refractivity (Wildman–Crippen MR) is 120 cm³/mol. The zero-order valence-electron chi connectivity index (χ0n) is 16.9. The SMILES string of the molecule is O=C(NCc1ccccc1)c1ccc(C2=CC(c3ccc(Cl)c(Cl)c3)(C(F)(F)F)ON2)cc1. The fourth-order valence-corrected chi connectivity index (χ4v) is 3.69. The monoisotopic (exact) mass is 492 g/mol. The molecule has 33 heavy (non-hydrogen) atoms. The molecule has 0 spiro atoms. The number of hydrogen-bond donors (Lipinski definition) is 2. The van der Waals surface area contributed by atoms with Crippen LogP contribution in [0.25, 0.3) is 5.70 Å². The summed E-state index contributed by atoms with van der Waals surface area (Å²) in [6.45, 7) is 0.361. The molecule has 4 nitrogen and oxygen atoms in total. The van der Waals surface area contributed by atoms with Crippen molar-refractivity contribution in [2.24, 2.45) is 0 Å². The average Bonchev–Trinajstić information content (AvgIpc) is 3.27. The Labute approximate surface area is 197 Å². The topological polar surface area (TPSA) is 50.4 Å². The molecular weight excluding hydrogens is 476 g/mol. The molecule has 1 amide bonds. The van der Waals surface area contributed by atoms with Gasteiger partial charge in [0.1, 0.15) is 0 Å². The number of alkyl halides is 3. The molecule has 1 aliphatic heterocycles.